The first kappa shape index (κ1) is 18.1. The molecule has 1 aliphatic rings. The number of alkyl halides is 1. The minimum atomic E-state index is 0.0606. The van der Waals surface area contributed by atoms with Crippen LogP contribution in [0.25, 0.3) is 0 Å². The predicted molar refractivity (Wildman–Crippen MR) is 92.9 cm³/mol. The number of nitrogens with zero attached hydrogens (tertiary/aromatic N) is 1. The van der Waals surface area contributed by atoms with E-state index in [1.54, 1.807) is 0 Å². The van der Waals surface area contributed by atoms with Gasteiger partial charge in [-0.05, 0) is 37.0 Å². The minimum absolute atomic E-state index is 0.0606. The molecule has 23 heavy (non-hydrogen) atoms. The lowest BCUT2D eigenvalue weighted by atomic mass is 10.0. The maximum atomic E-state index is 12.0. The summed E-state index contributed by atoms with van der Waals surface area (Å²) in [4.78, 5) is 25.6. The molecular weight excluding hydrogens is 335 g/mol. The molecule has 0 atom stereocenters. The molecule has 1 aromatic rings. The van der Waals surface area contributed by atoms with E-state index in [1.165, 1.54) is 0 Å². The van der Waals surface area contributed by atoms with Gasteiger partial charge < -0.3 is 10.2 Å². The van der Waals surface area contributed by atoms with Crippen LogP contribution in [0.3, 0.4) is 0 Å². The molecule has 6 heteroatoms. The zero-order valence-corrected chi connectivity index (χ0v) is 14.6. The standard InChI is InChI=1S/C17H22Cl2N2O2/c18-10-7-17(23)21-11-8-15(9-12-21)20-16(22)6-3-13-1-4-14(19)5-2-13/h1-2,4-5,15H,3,6-12H2,(H,20,22). The maximum absolute atomic E-state index is 12.0. The summed E-state index contributed by atoms with van der Waals surface area (Å²) in [5.74, 6) is 0.526. The zero-order chi connectivity index (χ0) is 16.7. The van der Waals surface area contributed by atoms with Crippen molar-refractivity contribution < 1.29 is 9.59 Å². The quantitative estimate of drug-likeness (QED) is 0.796. The molecule has 1 heterocycles. The largest absolute Gasteiger partial charge is 0.353 e. The van der Waals surface area contributed by atoms with E-state index in [4.69, 9.17) is 23.2 Å². The first-order valence-corrected chi connectivity index (χ1v) is 8.87. The Bertz CT molecular complexity index is 526. The molecule has 2 amide bonds. The Morgan fingerprint density at radius 1 is 1.13 bits per heavy atom. The van der Waals surface area contributed by atoms with Crippen molar-refractivity contribution in [2.45, 2.75) is 38.1 Å². The number of piperidine rings is 1. The van der Waals surface area contributed by atoms with Crippen molar-refractivity contribution in [1.29, 1.82) is 0 Å². The van der Waals surface area contributed by atoms with E-state index in [0.717, 1.165) is 18.4 Å². The molecule has 2 rings (SSSR count). The van der Waals surface area contributed by atoms with Gasteiger partial charge in [0.15, 0.2) is 0 Å². The molecule has 1 N–H and O–H groups in total. The monoisotopic (exact) mass is 356 g/mol. The number of rotatable bonds is 6. The average molecular weight is 357 g/mol. The van der Waals surface area contributed by atoms with Gasteiger partial charge in [-0.2, -0.15) is 0 Å². The molecule has 0 unspecified atom stereocenters. The van der Waals surface area contributed by atoms with Crippen molar-refractivity contribution in [3.05, 3.63) is 34.9 Å². The summed E-state index contributed by atoms with van der Waals surface area (Å²) in [6.07, 6.45) is 3.17. The molecule has 0 spiro atoms. The van der Waals surface area contributed by atoms with Gasteiger partial charge in [-0.3, -0.25) is 9.59 Å². The highest BCUT2D eigenvalue weighted by Crippen LogP contribution is 2.13. The zero-order valence-electron chi connectivity index (χ0n) is 13.1. The molecule has 0 aromatic heterocycles. The predicted octanol–water partition coefficient (Wildman–Crippen LogP) is 3.01. The lowest BCUT2D eigenvalue weighted by Gasteiger charge is -2.32. The number of benzene rings is 1. The van der Waals surface area contributed by atoms with Gasteiger partial charge in [0.05, 0.1) is 0 Å². The third kappa shape index (κ3) is 6.04. The van der Waals surface area contributed by atoms with Crippen molar-refractivity contribution in [2.24, 2.45) is 0 Å². The molecule has 0 aliphatic carbocycles. The van der Waals surface area contributed by atoms with Gasteiger partial charge in [0, 0.05) is 42.9 Å². The first-order valence-electron chi connectivity index (χ1n) is 7.96. The lowest BCUT2D eigenvalue weighted by molar-refractivity contribution is -0.132. The Morgan fingerprint density at radius 2 is 1.78 bits per heavy atom. The summed E-state index contributed by atoms with van der Waals surface area (Å²) in [5.41, 5.74) is 1.10. The summed E-state index contributed by atoms with van der Waals surface area (Å²) < 4.78 is 0. The molecule has 1 fully saturated rings. The lowest BCUT2D eigenvalue weighted by Crippen LogP contribution is -2.46. The molecule has 126 valence electrons. The maximum Gasteiger partial charge on any atom is 0.223 e. The van der Waals surface area contributed by atoms with Gasteiger partial charge in [-0.25, -0.2) is 0 Å². The van der Waals surface area contributed by atoms with Crippen LogP contribution in [0.4, 0.5) is 0 Å². The molecule has 0 bridgehead atoms. The number of likely N-dealkylation sites (tertiary alicyclic amines) is 1. The van der Waals surface area contributed by atoms with Crippen LogP contribution in [-0.4, -0.2) is 41.7 Å². The van der Waals surface area contributed by atoms with Crippen molar-refractivity contribution >= 4 is 35.0 Å². The van der Waals surface area contributed by atoms with E-state index in [1.807, 2.05) is 29.2 Å². The summed E-state index contributed by atoms with van der Waals surface area (Å²) in [5, 5.41) is 3.77. The fourth-order valence-electron chi connectivity index (χ4n) is 2.72. The Morgan fingerprint density at radius 3 is 2.39 bits per heavy atom. The molecule has 4 nitrogen and oxygen atoms in total. The second kappa shape index (κ2) is 9.14. The van der Waals surface area contributed by atoms with E-state index in [-0.39, 0.29) is 17.9 Å². The Kier molecular flexibility index (Phi) is 7.18. The number of carbonyl (C=O) groups excluding carboxylic acids is 2. The van der Waals surface area contributed by atoms with Crippen LogP contribution >= 0.6 is 23.2 Å². The highest BCUT2D eigenvalue weighted by atomic mass is 35.5. The van der Waals surface area contributed by atoms with Crippen molar-refractivity contribution in [3.8, 4) is 0 Å². The first-order chi connectivity index (χ1) is 11.1. The molecule has 0 saturated carbocycles. The van der Waals surface area contributed by atoms with Crippen LogP contribution in [0.2, 0.25) is 5.02 Å². The third-order valence-electron chi connectivity index (χ3n) is 4.08. The molecule has 1 saturated heterocycles. The van der Waals surface area contributed by atoms with Crippen LogP contribution in [0, 0.1) is 0 Å². The highest BCUT2D eigenvalue weighted by molar-refractivity contribution is 6.30. The number of amides is 2. The number of carbonyl (C=O) groups is 2. The van der Waals surface area contributed by atoms with Gasteiger partial charge in [0.1, 0.15) is 0 Å². The van der Waals surface area contributed by atoms with E-state index in [2.05, 4.69) is 5.32 Å². The van der Waals surface area contributed by atoms with Crippen molar-refractivity contribution in [1.82, 2.24) is 10.2 Å². The van der Waals surface area contributed by atoms with Crippen molar-refractivity contribution in [2.75, 3.05) is 19.0 Å². The fourth-order valence-corrected chi connectivity index (χ4v) is 3.01. The fraction of sp³-hybridized carbons (Fsp3) is 0.529. The Hall–Kier alpha value is -1.26. The van der Waals surface area contributed by atoms with Gasteiger partial charge in [0.2, 0.25) is 11.8 Å². The summed E-state index contributed by atoms with van der Waals surface area (Å²) >= 11 is 11.4. The van der Waals surface area contributed by atoms with E-state index in [0.29, 0.717) is 43.3 Å². The second-order valence-electron chi connectivity index (χ2n) is 5.79. The topological polar surface area (TPSA) is 49.4 Å². The van der Waals surface area contributed by atoms with Gasteiger partial charge in [-0.15, -0.1) is 11.6 Å². The van der Waals surface area contributed by atoms with Crippen LogP contribution in [0.5, 0.6) is 0 Å². The van der Waals surface area contributed by atoms with Gasteiger partial charge in [-0.1, -0.05) is 23.7 Å². The molecule has 1 aromatic carbocycles. The molecular formula is C17H22Cl2N2O2. The van der Waals surface area contributed by atoms with Crippen molar-refractivity contribution in [3.63, 3.8) is 0 Å². The number of hydrogen-bond acceptors (Lipinski definition) is 2. The molecule has 1 aliphatic heterocycles. The molecule has 0 radical (unpaired) electrons. The second-order valence-corrected chi connectivity index (χ2v) is 6.60. The SMILES string of the molecule is O=C(CCc1ccc(Cl)cc1)NC1CCN(C(=O)CCCl)CC1. The van der Waals surface area contributed by atoms with Crippen LogP contribution < -0.4 is 5.32 Å². The summed E-state index contributed by atoms with van der Waals surface area (Å²) in [6, 6.07) is 7.71. The van der Waals surface area contributed by atoms with E-state index >= 15 is 0 Å². The average Bonchev–Trinajstić information content (AvgIpc) is 2.55. The number of nitrogens with one attached hydrogen (secondary N) is 1. The smallest absolute Gasteiger partial charge is 0.223 e. The van der Waals surface area contributed by atoms with Crippen LogP contribution in [0.15, 0.2) is 24.3 Å². The van der Waals surface area contributed by atoms with Gasteiger partial charge >= 0.3 is 0 Å². The van der Waals surface area contributed by atoms with E-state index < -0.39 is 0 Å². The van der Waals surface area contributed by atoms with Crippen LogP contribution in [-0.2, 0) is 16.0 Å². The Labute approximate surface area is 147 Å². The van der Waals surface area contributed by atoms with Gasteiger partial charge in [0.25, 0.3) is 0 Å². The number of aryl methyl sites for hydroxylation is 1. The number of hydrogen-bond donors (Lipinski definition) is 1. The minimum Gasteiger partial charge on any atom is -0.353 e. The van der Waals surface area contributed by atoms with Crippen LogP contribution in [0.1, 0.15) is 31.2 Å². The summed E-state index contributed by atoms with van der Waals surface area (Å²) in [7, 11) is 0. The highest BCUT2D eigenvalue weighted by Gasteiger charge is 2.23. The number of halogens is 2. The normalized spacial score (nSPS) is 15.5. The third-order valence-corrected chi connectivity index (χ3v) is 4.52. The van der Waals surface area contributed by atoms with E-state index in [9.17, 15) is 9.59 Å². The Balaban J connectivity index is 1.68. The summed E-state index contributed by atoms with van der Waals surface area (Å²) in [6.45, 7) is 1.38.